The van der Waals surface area contributed by atoms with Gasteiger partial charge in [0, 0.05) is 5.56 Å². The maximum atomic E-state index is 5.59. The first-order valence-corrected chi connectivity index (χ1v) is 7.56. The van der Waals surface area contributed by atoms with Crippen LogP contribution in [0.3, 0.4) is 0 Å². The van der Waals surface area contributed by atoms with E-state index in [0.717, 1.165) is 49.5 Å². The number of rotatable bonds is 7. The highest BCUT2D eigenvalue weighted by molar-refractivity contribution is 5.50. The van der Waals surface area contributed by atoms with E-state index in [1.165, 1.54) is 5.57 Å². The zero-order valence-corrected chi connectivity index (χ0v) is 13.1. The first-order chi connectivity index (χ1) is 10.3. The second-order valence-corrected chi connectivity index (χ2v) is 5.14. The van der Waals surface area contributed by atoms with Crippen LogP contribution in [0.5, 0.6) is 11.5 Å². The fraction of sp³-hybridized carbons (Fsp3) is 0.529. The molecule has 0 bridgehead atoms. The minimum atomic E-state index is 0.107. The molecule has 0 aromatic heterocycles. The third-order valence-electron chi connectivity index (χ3n) is 3.68. The second kappa shape index (κ2) is 7.93. The van der Waals surface area contributed by atoms with Crippen LogP contribution in [0.4, 0.5) is 0 Å². The van der Waals surface area contributed by atoms with Gasteiger partial charge in [-0.2, -0.15) is 0 Å². The quantitative estimate of drug-likeness (QED) is 0.835. The number of nitrogens with one attached hydrogen (secondary N) is 1. The fourth-order valence-corrected chi connectivity index (χ4v) is 2.67. The first kappa shape index (κ1) is 15.7. The molecule has 1 heterocycles. The topological polar surface area (TPSA) is 39.7 Å². The lowest BCUT2D eigenvalue weighted by molar-refractivity contribution is 0.219. The highest BCUT2D eigenvalue weighted by atomic mass is 16.5. The molecule has 1 unspecified atom stereocenters. The SMILES string of the molecule is CCCNC(C1=COCCC1)c1cccc(OC)c1OC. The van der Waals surface area contributed by atoms with Crippen molar-refractivity contribution in [3.05, 3.63) is 35.6 Å². The lowest BCUT2D eigenvalue weighted by atomic mass is 9.94. The standard InChI is InChI=1S/C17H25NO3/c1-4-10-18-16(13-7-6-11-21-12-13)14-8-5-9-15(19-2)17(14)20-3/h5,8-9,12,16,18H,4,6-7,10-11H2,1-3H3. The van der Waals surface area contributed by atoms with Crippen LogP contribution in [0.2, 0.25) is 0 Å². The van der Waals surface area contributed by atoms with Crippen LogP contribution in [-0.2, 0) is 4.74 Å². The van der Waals surface area contributed by atoms with Gasteiger partial charge in [-0.3, -0.25) is 0 Å². The largest absolute Gasteiger partial charge is 0.501 e. The number of methoxy groups -OCH3 is 2. The van der Waals surface area contributed by atoms with Gasteiger partial charge in [-0.05, 0) is 37.4 Å². The van der Waals surface area contributed by atoms with Gasteiger partial charge in [0.15, 0.2) is 11.5 Å². The highest BCUT2D eigenvalue weighted by Crippen LogP contribution is 2.38. The van der Waals surface area contributed by atoms with Crippen LogP contribution in [0.25, 0.3) is 0 Å². The summed E-state index contributed by atoms with van der Waals surface area (Å²) in [5.41, 5.74) is 2.36. The van der Waals surface area contributed by atoms with Gasteiger partial charge in [0.1, 0.15) is 0 Å². The highest BCUT2D eigenvalue weighted by Gasteiger charge is 2.23. The van der Waals surface area contributed by atoms with Gasteiger partial charge in [0.25, 0.3) is 0 Å². The fourth-order valence-electron chi connectivity index (χ4n) is 2.67. The zero-order chi connectivity index (χ0) is 15.1. The molecule has 4 nitrogen and oxygen atoms in total. The van der Waals surface area contributed by atoms with Gasteiger partial charge in [-0.1, -0.05) is 19.1 Å². The summed E-state index contributed by atoms with van der Waals surface area (Å²) in [5.74, 6) is 1.55. The second-order valence-electron chi connectivity index (χ2n) is 5.14. The zero-order valence-electron chi connectivity index (χ0n) is 13.1. The summed E-state index contributed by atoms with van der Waals surface area (Å²) < 4.78 is 16.5. The molecule has 2 rings (SSSR count). The molecule has 4 heteroatoms. The van der Waals surface area contributed by atoms with Crippen molar-refractivity contribution >= 4 is 0 Å². The molecule has 0 spiro atoms. The Morgan fingerprint density at radius 3 is 2.76 bits per heavy atom. The van der Waals surface area contributed by atoms with Gasteiger partial charge >= 0.3 is 0 Å². The van der Waals surface area contributed by atoms with Crippen molar-refractivity contribution in [3.63, 3.8) is 0 Å². The molecule has 0 saturated carbocycles. The Morgan fingerprint density at radius 1 is 1.29 bits per heavy atom. The van der Waals surface area contributed by atoms with E-state index in [2.05, 4.69) is 18.3 Å². The molecule has 0 radical (unpaired) electrons. The lowest BCUT2D eigenvalue weighted by Gasteiger charge is -2.26. The maximum absolute atomic E-state index is 5.59. The summed E-state index contributed by atoms with van der Waals surface area (Å²) in [7, 11) is 3.35. The Morgan fingerprint density at radius 2 is 2.14 bits per heavy atom. The van der Waals surface area contributed by atoms with Crippen LogP contribution in [0, 0.1) is 0 Å². The molecule has 1 atom stereocenters. The van der Waals surface area contributed by atoms with Crippen molar-refractivity contribution in [3.8, 4) is 11.5 Å². The summed E-state index contributed by atoms with van der Waals surface area (Å²) in [4.78, 5) is 0. The van der Waals surface area contributed by atoms with E-state index < -0.39 is 0 Å². The number of para-hydroxylation sites is 1. The van der Waals surface area contributed by atoms with Crippen molar-refractivity contribution in [2.45, 2.75) is 32.2 Å². The summed E-state index contributed by atoms with van der Waals surface area (Å²) in [6.45, 7) is 3.92. The van der Waals surface area contributed by atoms with Crippen LogP contribution in [0.15, 0.2) is 30.0 Å². The molecule has 0 saturated heterocycles. The Balaban J connectivity index is 2.38. The number of ether oxygens (including phenoxy) is 3. The minimum absolute atomic E-state index is 0.107. The first-order valence-electron chi connectivity index (χ1n) is 7.56. The van der Waals surface area contributed by atoms with Gasteiger partial charge in [-0.25, -0.2) is 0 Å². The minimum Gasteiger partial charge on any atom is -0.501 e. The third kappa shape index (κ3) is 3.70. The molecule has 116 valence electrons. The number of hydrogen-bond acceptors (Lipinski definition) is 4. The van der Waals surface area contributed by atoms with E-state index in [1.54, 1.807) is 14.2 Å². The lowest BCUT2D eigenvalue weighted by Crippen LogP contribution is -2.26. The molecule has 0 fully saturated rings. The van der Waals surface area contributed by atoms with E-state index in [0.29, 0.717) is 0 Å². The maximum Gasteiger partial charge on any atom is 0.165 e. The average Bonchev–Trinajstić information content (AvgIpc) is 2.55. The van der Waals surface area contributed by atoms with Gasteiger partial charge < -0.3 is 19.5 Å². The molecule has 1 aromatic carbocycles. The van der Waals surface area contributed by atoms with E-state index in [4.69, 9.17) is 14.2 Å². The number of hydrogen-bond donors (Lipinski definition) is 1. The van der Waals surface area contributed by atoms with E-state index in [9.17, 15) is 0 Å². The predicted octanol–water partition coefficient (Wildman–Crippen LogP) is 3.44. The summed E-state index contributed by atoms with van der Waals surface area (Å²) in [6.07, 6.45) is 5.08. The molecular weight excluding hydrogens is 266 g/mol. The normalized spacial score (nSPS) is 15.9. The van der Waals surface area contributed by atoms with Gasteiger partial charge in [0.05, 0.1) is 33.1 Å². The Kier molecular flexibility index (Phi) is 5.93. The average molecular weight is 291 g/mol. The molecule has 0 amide bonds. The van der Waals surface area contributed by atoms with Crippen molar-refractivity contribution in [1.29, 1.82) is 0 Å². The molecule has 1 aromatic rings. The predicted molar refractivity (Wildman–Crippen MR) is 83.8 cm³/mol. The molecule has 1 aliphatic heterocycles. The summed E-state index contributed by atoms with van der Waals surface area (Å²) in [6, 6.07) is 6.12. The Labute approximate surface area is 127 Å². The van der Waals surface area contributed by atoms with E-state index in [-0.39, 0.29) is 6.04 Å². The smallest absolute Gasteiger partial charge is 0.165 e. The van der Waals surface area contributed by atoms with E-state index >= 15 is 0 Å². The van der Waals surface area contributed by atoms with Crippen molar-refractivity contribution in [2.24, 2.45) is 0 Å². The van der Waals surface area contributed by atoms with Crippen molar-refractivity contribution in [2.75, 3.05) is 27.4 Å². The summed E-state index contributed by atoms with van der Waals surface area (Å²) >= 11 is 0. The van der Waals surface area contributed by atoms with Crippen LogP contribution in [0.1, 0.15) is 37.8 Å². The van der Waals surface area contributed by atoms with Crippen LogP contribution < -0.4 is 14.8 Å². The molecule has 0 aliphatic carbocycles. The number of benzene rings is 1. The van der Waals surface area contributed by atoms with Crippen LogP contribution >= 0.6 is 0 Å². The van der Waals surface area contributed by atoms with Crippen molar-refractivity contribution in [1.82, 2.24) is 5.32 Å². The van der Waals surface area contributed by atoms with Gasteiger partial charge in [0.2, 0.25) is 0 Å². The molecule has 21 heavy (non-hydrogen) atoms. The van der Waals surface area contributed by atoms with Gasteiger partial charge in [-0.15, -0.1) is 0 Å². The van der Waals surface area contributed by atoms with Crippen LogP contribution in [-0.4, -0.2) is 27.4 Å². The summed E-state index contributed by atoms with van der Waals surface area (Å²) in [5, 5.41) is 3.60. The Hall–Kier alpha value is -1.68. The van der Waals surface area contributed by atoms with E-state index in [1.807, 2.05) is 18.4 Å². The molecule has 1 N–H and O–H groups in total. The molecular formula is C17H25NO3. The Bertz CT molecular complexity index is 485. The van der Waals surface area contributed by atoms with Crippen molar-refractivity contribution < 1.29 is 14.2 Å². The monoisotopic (exact) mass is 291 g/mol. The third-order valence-corrected chi connectivity index (χ3v) is 3.68. The molecule has 1 aliphatic rings.